The first kappa shape index (κ1) is 12.5. The second-order valence-corrected chi connectivity index (χ2v) is 6.77. The first-order chi connectivity index (χ1) is 8.00. The highest BCUT2D eigenvalue weighted by Crippen LogP contribution is 2.19. The topological polar surface area (TPSA) is 47.0 Å². The largest absolute Gasteiger partial charge is 0.243 e. The van der Waals surface area contributed by atoms with Gasteiger partial charge >= 0.3 is 0 Å². The minimum Gasteiger partial charge on any atom is -0.243 e. The lowest BCUT2D eigenvalue weighted by Crippen LogP contribution is -2.04. The highest BCUT2D eigenvalue weighted by molar-refractivity contribution is 14.1. The van der Waals surface area contributed by atoms with E-state index in [0.29, 0.717) is 0 Å². The van der Waals surface area contributed by atoms with E-state index in [1.165, 1.54) is 6.07 Å². The number of sulfone groups is 1. The van der Waals surface area contributed by atoms with E-state index in [-0.39, 0.29) is 9.92 Å². The maximum absolute atomic E-state index is 12.2. The van der Waals surface area contributed by atoms with Gasteiger partial charge in [-0.15, -0.1) is 0 Å². The Labute approximate surface area is 114 Å². The standard InChI is InChI=1S/C12H10INO2S/c1-9-2-5-11(6-3-9)17(15,16)12-7-4-10(13)8-14-12/h2-8H,1H3. The van der Waals surface area contributed by atoms with Crippen molar-refractivity contribution in [1.82, 2.24) is 4.98 Å². The van der Waals surface area contributed by atoms with Crippen LogP contribution < -0.4 is 0 Å². The fraction of sp³-hybridized carbons (Fsp3) is 0.0833. The zero-order valence-corrected chi connectivity index (χ0v) is 12.1. The molecule has 3 nitrogen and oxygen atoms in total. The van der Waals surface area contributed by atoms with E-state index in [1.54, 1.807) is 36.5 Å². The summed E-state index contributed by atoms with van der Waals surface area (Å²) in [7, 11) is -3.49. The maximum atomic E-state index is 12.2. The number of aromatic nitrogens is 1. The molecule has 0 amide bonds. The molecule has 1 aromatic carbocycles. The zero-order chi connectivity index (χ0) is 12.5. The van der Waals surface area contributed by atoms with Gasteiger partial charge in [0.25, 0.3) is 0 Å². The Balaban J connectivity index is 2.50. The van der Waals surface area contributed by atoms with Gasteiger partial charge in [0.1, 0.15) is 0 Å². The van der Waals surface area contributed by atoms with Crippen LogP contribution in [-0.4, -0.2) is 13.4 Å². The third-order valence-corrected chi connectivity index (χ3v) is 4.63. The smallest absolute Gasteiger partial charge is 0.223 e. The minimum absolute atomic E-state index is 0.0850. The van der Waals surface area contributed by atoms with Gasteiger partial charge in [0.2, 0.25) is 9.84 Å². The quantitative estimate of drug-likeness (QED) is 0.775. The average molecular weight is 359 g/mol. The summed E-state index contributed by atoms with van der Waals surface area (Å²) in [5, 5.41) is 0.0850. The predicted molar refractivity (Wildman–Crippen MR) is 73.6 cm³/mol. The first-order valence-electron chi connectivity index (χ1n) is 4.93. The third-order valence-electron chi connectivity index (χ3n) is 2.31. The van der Waals surface area contributed by atoms with Crippen molar-refractivity contribution in [3.05, 3.63) is 51.7 Å². The van der Waals surface area contributed by atoms with E-state index in [4.69, 9.17) is 0 Å². The van der Waals surface area contributed by atoms with E-state index in [9.17, 15) is 8.42 Å². The van der Waals surface area contributed by atoms with Crippen LogP contribution in [0.5, 0.6) is 0 Å². The summed E-state index contributed by atoms with van der Waals surface area (Å²) in [6.45, 7) is 1.92. The van der Waals surface area contributed by atoms with E-state index in [0.717, 1.165) is 9.13 Å². The molecule has 0 N–H and O–H groups in total. The summed E-state index contributed by atoms with van der Waals surface area (Å²) in [4.78, 5) is 4.23. The average Bonchev–Trinajstić information content (AvgIpc) is 2.30. The molecule has 2 aromatic rings. The van der Waals surface area contributed by atoms with Crippen molar-refractivity contribution < 1.29 is 8.42 Å². The van der Waals surface area contributed by atoms with Gasteiger partial charge in [-0.05, 0) is 53.8 Å². The van der Waals surface area contributed by atoms with Gasteiger partial charge in [-0.2, -0.15) is 0 Å². The number of rotatable bonds is 2. The highest BCUT2D eigenvalue weighted by Gasteiger charge is 2.18. The molecule has 0 unspecified atom stereocenters. The number of benzene rings is 1. The van der Waals surface area contributed by atoms with Gasteiger partial charge in [-0.1, -0.05) is 17.7 Å². The summed E-state index contributed by atoms with van der Waals surface area (Å²) >= 11 is 2.09. The molecule has 0 saturated heterocycles. The Hall–Kier alpha value is -0.950. The van der Waals surface area contributed by atoms with Gasteiger partial charge in [-0.3, -0.25) is 0 Å². The summed E-state index contributed by atoms with van der Waals surface area (Å²) in [5.41, 5.74) is 1.03. The fourth-order valence-electron chi connectivity index (χ4n) is 1.36. The monoisotopic (exact) mass is 359 g/mol. The number of pyridine rings is 1. The van der Waals surface area contributed by atoms with Crippen LogP contribution in [-0.2, 0) is 9.84 Å². The van der Waals surface area contributed by atoms with Crippen LogP contribution in [0.1, 0.15) is 5.56 Å². The Bertz CT molecular complexity index is 567. The second kappa shape index (κ2) is 4.73. The lowest BCUT2D eigenvalue weighted by Gasteiger charge is -2.04. The van der Waals surface area contributed by atoms with Crippen LogP contribution >= 0.6 is 22.6 Å². The van der Waals surface area contributed by atoms with Crippen molar-refractivity contribution in [2.24, 2.45) is 0 Å². The van der Waals surface area contributed by atoms with Crippen molar-refractivity contribution in [3.8, 4) is 0 Å². The molecule has 17 heavy (non-hydrogen) atoms. The Morgan fingerprint density at radius 3 is 2.24 bits per heavy atom. The zero-order valence-electron chi connectivity index (χ0n) is 9.09. The van der Waals surface area contributed by atoms with Gasteiger partial charge < -0.3 is 0 Å². The van der Waals surface area contributed by atoms with Gasteiger partial charge in [0.05, 0.1) is 4.90 Å². The van der Waals surface area contributed by atoms with E-state index in [2.05, 4.69) is 27.6 Å². The normalized spacial score (nSPS) is 11.4. The molecule has 0 bridgehead atoms. The van der Waals surface area contributed by atoms with Crippen LogP contribution in [0.3, 0.4) is 0 Å². The maximum Gasteiger partial charge on any atom is 0.223 e. The van der Waals surface area contributed by atoms with Crippen LogP contribution in [0.15, 0.2) is 52.5 Å². The molecular weight excluding hydrogens is 349 g/mol. The van der Waals surface area contributed by atoms with Crippen molar-refractivity contribution in [1.29, 1.82) is 0 Å². The Morgan fingerprint density at radius 2 is 1.71 bits per heavy atom. The molecule has 0 aliphatic carbocycles. The lowest BCUT2D eigenvalue weighted by atomic mass is 10.2. The molecule has 0 atom stereocenters. The van der Waals surface area contributed by atoms with Gasteiger partial charge in [-0.25, -0.2) is 13.4 Å². The molecule has 1 heterocycles. The number of hydrogen-bond donors (Lipinski definition) is 0. The van der Waals surface area contributed by atoms with Crippen LogP contribution in [0.25, 0.3) is 0 Å². The number of aryl methyl sites for hydroxylation is 1. The molecule has 88 valence electrons. The number of nitrogens with zero attached hydrogens (tertiary/aromatic N) is 1. The number of halogens is 1. The predicted octanol–water partition coefficient (Wildman–Crippen LogP) is 2.83. The van der Waals surface area contributed by atoms with E-state index >= 15 is 0 Å². The van der Waals surface area contributed by atoms with E-state index < -0.39 is 9.84 Å². The molecular formula is C12H10INO2S. The highest BCUT2D eigenvalue weighted by atomic mass is 127. The van der Waals surface area contributed by atoms with Crippen LogP contribution in [0.2, 0.25) is 0 Å². The molecule has 2 rings (SSSR count). The first-order valence-corrected chi connectivity index (χ1v) is 7.50. The third kappa shape index (κ3) is 2.66. The SMILES string of the molecule is Cc1ccc(S(=O)(=O)c2ccc(I)cn2)cc1. The van der Waals surface area contributed by atoms with Crippen molar-refractivity contribution in [2.75, 3.05) is 0 Å². The van der Waals surface area contributed by atoms with Crippen molar-refractivity contribution in [2.45, 2.75) is 16.8 Å². The van der Waals surface area contributed by atoms with Crippen molar-refractivity contribution in [3.63, 3.8) is 0 Å². The Morgan fingerprint density at radius 1 is 1.06 bits per heavy atom. The molecule has 0 aliphatic heterocycles. The fourth-order valence-corrected chi connectivity index (χ4v) is 2.85. The summed E-state index contributed by atoms with van der Waals surface area (Å²) in [6.07, 6.45) is 1.54. The summed E-state index contributed by atoms with van der Waals surface area (Å²) in [5.74, 6) is 0. The summed E-state index contributed by atoms with van der Waals surface area (Å²) < 4.78 is 25.3. The Kier molecular flexibility index (Phi) is 3.48. The van der Waals surface area contributed by atoms with Crippen molar-refractivity contribution >= 4 is 32.4 Å². The molecule has 0 spiro atoms. The molecule has 5 heteroatoms. The van der Waals surface area contributed by atoms with Gasteiger partial charge in [0, 0.05) is 9.77 Å². The molecule has 0 fully saturated rings. The second-order valence-electron chi connectivity index (χ2n) is 3.63. The van der Waals surface area contributed by atoms with Crippen LogP contribution in [0, 0.1) is 10.5 Å². The molecule has 0 radical (unpaired) electrons. The van der Waals surface area contributed by atoms with E-state index in [1.807, 2.05) is 6.92 Å². The molecule has 1 aromatic heterocycles. The molecule has 0 saturated carbocycles. The minimum atomic E-state index is -3.49. The summed E-state index contributed by atoms with van der Waals surface area (Å²) in [6, 6.07) is 10.0. The lowest BCUT2D eigenvalue weighted by molar-refractivity contribution is 0.592. The van der Waals surface area contributed by atoms with Gasteiger partial charge in [0.15, 0.2) is 5.03 Å². The van der Waals surface area contributed by atoms with Crippen LogP contribution in [0.4, 0.5) is 0 Å². The number of hydrogen-bond acceptors (Lipinski definition) is 3. The molecule has 0 aliphatic rings.